The summed E-state index contributed by atoms with van der Waals surface area (Å²) in [6.07, 6.45) is 4.46. The van der Waals surface area contributed by atoms with E-state index in [-0.39, 0.29) is 5.70 Å². The Balaban J connectivity index is 2.40. The molecule has 0 unspecified atom stereocenters. The largest absolute Gasteiger partial charge is 0.492 e. The first-order valence-electron chi connectivity index (χ1n) is 7.37. The molecule has 24 heavy (non-hydrogen) atoms. The van der Waals surface area contributed by atoms with E-state index in [1.807, 2.05) is 18.2 Å². The lowest BCUT2D eigenvalue weighted by molar-refractivity contribution is -0.112. The third-order valence-electron chi connectivity index (χ3n) is 3.03. The minimum absolute atomic E-state index is 0.143. The zero-order valence-electron chi connectivity index (χ0n) is 13.4. The number of benzene rings is 1. The first-order valence-corrected chi connectivity index (χ1v) is 7.37. The number of nitrogens with two attached hydrogens (primary N) is 1. The van der Waals surface area contributed by atoms with Gasteiger partial charge in [0.05, 0.1) is 17.4 Å². The molecular weight excluding hydrogens is 306 g/mol. The number of pyridine rings is 1. The van der Waals surface area contributed by atoms with Crippen LogP contribution in [0.15, 0.2) is 52.3 Å². The lowest BCUT2D eigenvalue weighted by Crippen LogP contribution is -2.14. The molecule has 1 heterocycles. The van der Waals surface area contributed by atoms with Crippen molar-refractivity contribution in [3.63, 3.8) is 0 Å². The number of hydrogen-bond donors (Lipinski definition) is 2. The van der Waals surface area contributed by atoms with Gasteiger partial charge in [-0.15, -0.1) is 0 Å². The molecule has 7 heteroatoms. The van der Waals surface area contributed by atoms with Crippen molar-refractivity contribution in [1.82, 2.24) is 4.98 Å². The van der Waals surface area contributed by atoms with Crippen LogP contribution in [-0.2, 0) is 4.79 Å². The molecule has 0 aliphatic rings. The molecule has 2 rings (SSSR count). The van der Waals surface area contributed by atoms with Gasteiger partial charge in [-0.05, 0) is 25.8 Å². The minimum atomic E-state index is -0.413. The fourth-order valence-corrected chi connectivity index (χ4v) is 2.08. The van der Waals surface area contributed by atoms with Crippen molar-refractivity contribution in [3.8, 4) is 5.75 Å². The third-order valence-corrected chi connectivity index (χ3v) is 3.03. The third kappa shape index (κ3) is 4.23. The molecule has 7 nitrogen and oxygen atoms in total. The number of aromatic nitrogens is 1. The predicted octanol–water partition coefficient (Wildman–Crippen LogP) is 2.14. The predicted molar refractivity (Wildman–Crippen MR) is 96.7 cm³/mol. The maximum absolute atomic E-state index is 12.4. The van der Waals surface area contributed by atoms with Gasteiger partial charge in [-0.3, -0.25) is 19.8 Å². The van der Waals surface area contributed by atoms with E-state index in [9.17, 15) is 4.79 Å². The number of ether oxygens (including phenoxy) is 1. The van der Waals surface area contributed by atoms with Gasteiger partial charge >= 0.3 is 0 Å². The van der Waals surface area contributed by atoms with Gasteiger partial charge in [0.25, 0.3) is 5.91 Å². The van der Waals surface area contributed by atoms with Crippen molar-refractivity contribution in [2.24, 2.45) is 15.7 Å². The summed E-state index contributed by atoms with van der Waals surface area (Å²) in [5, 5.41) is 3.63. The average molecular weight is 325 g/mol. The number of nitrogens with one attached hydrogen (secondary N) is 1. The molecule has 2 aromatic rings. The Kier molecular flexibility index (Phi) is 6.16. The normalized spacial score (nSPS) is 11.7. The van der Waals surface area contributed by atoms with E-state index >= 15 is 0 Å². The van der Waals surface area contributed by atoms with Crippen LogP contribution in [0.1, 0.15) is 6.92 Å². The second-order valence-electron chi connectivity index (χ2n) is 4.72. The first kappa shape index (κ1) is 17.3. The second kappa shape index (κ2) is 8.54. The van der Waals surface area contributed by atoms with Gasteiger partial charge in [0.1, 0.15) is 18.1 Å². The van der Waals surface area contributed by atoms with Crippen molar-refractivity contribution in [3.05, 3.63) is 42.4 Å². The molecule has 0 aliphatic carbocycles. The maximum atomic E-state index is 12.4. The van der Waals surface area contributed by atoms with E-state index in [1.165, 1.54) is 12.4 Å². The highest BCUT2D eigenvalue weighted by molar-refractivity contribution is 6.08. The van der Waals surface area contributed by atoms with Crippen molar-refractivity contribution >= 4 is 35.4 Å². The molecule has 1 amide bonds. The molecule has 0 bridgehead atoms. The summed E-state index contributed by atoms with van der Waals surface area (Å²) < 4.78 is 5.56. The number of anilines is 1. The number of nitrogens with zero attached hydrogens (tertiary/aromatic N) is 3. The van der Waals surface area contributed by atoms with Crippen LogP contribution in [0.2, 0.25) is 0 Å². The smallest absolute Gasteiger partial charge is 0.275 e. The lowest BCUT2D eigenvalue weighted by atomic mass is 10.1. The van der Waals surface area contributed by atoms with Crippen LogP contribution in [0.5, 0.6) is 5.75 Å². The van der Waals surface area contributed by atoms with Gasteiger partial charge in [-0.1, -0.05) is 6.07 Å². The number of hydrogen-bond acceptors (Lipinski definition) is 6. The number of fused-ring (bicyclic) bond motifs is 1. The van der Waals surface area contributed by atoms with Crippen LogP contribution < -0.4 is 15.8 Å². The summed E-state index contributed by atoms with van der Waals surface area (Å²) in [5.41, 5.74) is 6.78. The van der Waals surface area contributed by atoms with Crippen LogP contribution in [-0.4, -0.2) is 37.0 Å². The molecule has 1 aromatic heterocycles. The average Bonchev–Trinajstić information content (AvgIpc) is 2.59. The minimum Gasteiger partial charge on any atom is -0.492 e. The molecule has 0 saturated heterocycles. The molecular formula is C17H19N5O2. The zero-order valence-corrected chi connectivity index (χ0v) is 13.4. The Morgan fingerprint density at radius 2 is 2.33 bits per heavy atom. The van der Waals surface area contributed by atoms with Crippen molar-refractivity contribution in [2.45, 2.75) is 6.92 Å². The zero-order chi connectivity index (χ0) is 17.4. The molecule has 3 N–H and O–H groups in total. The summed E-state index contributed by atoms with van der Waals surface area (Å²) in [6.45, 7) is 5.83. The summed E-state index contributed by atoms with van der Waals surface area (Å²) in [4.78, 5) is 24.3. The summed E-state index contributed by atoms with van der Waals surface area (Å²) >= 11 is 0. The van der Waals surface area contributed by atoms with Crippen LogP contribution >= 0.6 is 0 Å². The van der Waals surface area contributed by atoms with Gasteiger partial charge in [0, 0.05) is 30.4 Å². The van der Waals surface area contributed by atoms with Crippen molar-refractivity contribution in [2.75, 3.05) is 18.5 Å². The molecule has 0 fully saturated rings. The molecule has 0 aliphatic heterocycles. The van der Waals surface area contributed by atoms with Gasteiger partial charge in [0.2, 0.25) is 0 Å². The maximum Gasteiger partial charge on any atom is 0.275 e. The van der Waals surface area contributed by atoms with Gasteiger partial charge in [-0.25, -0.2) is 0 Å². The Bertz CT molecular complexity index is 799. The highest BCUT2D eigenvalue weighted by Crippen LogP contribution is 2.28. The lowest BCUT2D eigenvalue weighted by Gasteiger charge is -2.11. The Labute approximate surface area is 140 Å². The number of amides is 1. The summed E-state index contributed by atoms with van der Waals surface area (Å²) in [6, 6.07) is 7.26. The van der Waals surface area contributed by atoms with E-state index in [0.29, 0.717) is 30.1 Å². The number of carbonyl (C=O) groups is 1. The SMILES string of the molecule is C=N/C=C(\N=C/C)C(=O)Nc1cc(OCCN)cc2cccnc12. The molecule has 124 valence electrons. The van der Waals surface area contributed by atoms with E-state index in [2.05, 4.69) is 27.0 Å². The number of aliphatic imine (C=N–C) groups is 2. The highest BCUT2D eigenvalue weighted by atomic mass is 16.5. The molecule has 0 radical (unpaired) electrons. The Morgan fingerprint density at radius 1 is 1.50 bits per heavy atom. The molecule has 0 spiro atoms. The van der Waals surface area contributed by atoms with E-state index in [1.54, 1.807) is 19.2 Å². The van der Waals surface area contributed by atoms with Crippen LogP contribution in [0, 0.1) is 0 Å². The standard InChI is InChI=1S/C17H19N5O2/c1-3-20-15(11-19-2)17(23)22-14-10-13(24-8-6-18)9-12-5-4-7-21-16(12)14/h3-5,7,9-11H,2,6,8,18H2,1H3,(H,22,23)/b15-11-,20-3-. The van der Waals surface area contributed by atoms with E-state index in [0.717, 1.165) is 5.39 Å². The number of carbonyl (C=O) groups excluding carboxylic acids is 1. The van der Waals surface area contributed by atoms with Gasteiger partial charge in [-0.2, -0.15) is 0 Å². The molecule has 1 aromatic carbocycles. The van der Waals surface area contributed by atoms with Crippen LogP contribution in [0.25, 0.3) is 10.9 Å². The fourth-order valence-electron chi connectivity index (χ4n) is 2.08. The highest BCUT2D eigenvalue weighted by Gasteiger charge is 2.12. The van der Waals surface area contributed by atoms with Gasteiger partial charge in [0.15, 0.2) is 0 Å². The van der Waals surface area contributed by atoms with Gasteiger partial charge < -0.3 is 15.8 Å². The molecule has 0 atom stereocenters. The Hall–Kier alpha value is -3.06. The topological polar surface area (TPSA) is 102 Å². The quantitative estimate of drug-likeness (QED) is 0.601. The number of rotatable bonds is 7. The second-order valence-corrected chi connectivity index (χ2v) is 4.72. The van der Waals surface area contributed by atoms with E-state index in [4.69, 9.17) is 10.5 Å². The van der Waals surface area contributed by atoms with Crippen molar-refractivity contribution in [1.29, 1.82) is 0 Å². The van der Waals surface area contributed by atoms with Crippen LogP contribution in [0.4, 0.5) is 5.69 Å². The van der Waals surface area contributed by atoms with Crippen molar-refractivity contribution < 1.29 is 9.53 Å². The summed E-state index contributed by atoms with van der Waals surface area (Å²) in [5.74, 6) is 0.186. The van der Waals surface area contributed by atoms with Crippen LogP contribution in [0.3, 0.4) is 0 Å². The molecule has 0 saturated carbocycles. The monoisotopic (exact) mass is 325 g/mol. The fraction of sp³-hybridized carbons (Fsp3) is 0.176. The summed E-state index contributed by atoms with van der Waals surface area (Å²) in [7, 11) is 0. The van der Waals surface area contributed by atoms with E-state index < -0.39 is 5.91 Å². The first-order chi connectivity index (χ1) is 11.7. The Morgan fingerprint density at radius 3 is 3.04 bits per heavy atom.